The normalized spacial score (nSPS) is 28.7. The fraction of sp³-hybridized carbons (Fsp3) is 1.00. The summed E-state index contributed by atoms with van der Waals surface area (Å²) in [4.78, 5) is 2.81. The summed E-state index contributed by atoms with van der Waals surface area (Å²) < 4.78 is 0. The Morgan fingerprint density at radius 3 is 2.56 bits per heavy atom. The molecule has 0 bridgehead atoms. The topological polar surface area (TPSA) is 15.3 Å². The van der Waals surface area contributed by atoms with E-state index in [4.69, 9.17) is 0 Å². The second-order valence-corrected chi connectivity index (χ2v) is 6.52. The maximum Gasteiger partial charge on any atom is 0.00933 e. The average Bonchev–Trinajstić information content (AvgIpc) is 2.84. The van der Waals surface area contributed by atoms with E-state index in [1.807, 2.05) is 0 Å². The molecular weight excluding hydrogens is 220 g/mol. The molecule has 1 heterocycles. The molecule has 2 rings (SSSR count). The van der Waals surface area contributed by atoms with Gasteiger partial charge in [0.2, 0.25) is 0 Å². The van der Waals surface area contributed by atoms with Crippen molar-refractivity contribution in [1.29, 1.82) is 0 Å². The Labute approximate surface area is 114 Å². The summed E-state index contributed by atoms with van der Waals surface area (Å²) in [5.41, 5.74) is 0.589. The first-order chi connectivity index (χ1) is 8.79. The molecule has 0 spiro atoms. The van der Waals surface area contributed by atoms with Gasteiger partial charge in [0.05, 0.1) is 0 Å². The molecular formula is C16H32N2. The van der Waals surface area contributed by atoms with Gasteiger partial charge in [0, 0.05) is 19.1 Å². The molecule has 2 aliphatic rings. The van der Waals surface area contributed by atoms with Gasteiger partial charge in [-0.25, -0.2) is 0 Å². The minimum Gasteiger partial charge on any atom is -0.316 e. The molecule has 1 N–H and O–H groups in total. The Bertz CT molecular complexity index is 233. The molecule has 1 atom stereocenters. The fourth-order valence-electron chi connectivity index (χ4n) is 4.08. The van der Waals surface area contributed by atoms with Crippen LogP contribution in [0.25, 0.3) is 0 Å². The van der Waals surface area contributed by atoms with Crippen LogP contribution >= 0.6 is 0 Å². The minimum absolute atomic E-state index is 0.589. The van der Waals surface area contributed by atoms with Gasteiger partial charge in [0.1, 0.15) is 0 Å². The second kappa shape index (κ2) is 6.91. The van der Waals surface area contributed by atoms with Crippen molar-refractivity contribution < 1.29 is 0 Å². The quantitative estimate of drug-likeness (QED) is 0.779. The van der Waals surface area contributed by atoms with E-state index in [1.54, 1.807) is 0 Å². The van der Waals surface area contributed by atoms with Crippen LogP contribution < -0.4 is 5.32 Å². The zero-order valence-corrected chi connectivity index (χ0v) is 12.5. The van der Waals surface area contributed by atoms with E-state index in [1.165, 1.54) is 71.0 Å². The Hall–Kier alpha value is -0.0800. The third-order valence-electron chi connectivity index (χ3n) is 5.17. The van der Waals surface area contributed by atoms with E-state index < -0.39 is 0 Å². The Balaban J connectivity index is 1.95. The molecule has 1 saturated carbocycles. The fourth-order valence-corrected chi connectivity index (χ4v) is 4.08. The van der Waals surface area contributed by atoms with Gasteiger partial charge in [-0.2, -0.15) is 0 Å². The molecule has 2 nitrogen and oxygen atoms in total. The molecule has 1 aliphatic carbocycles. The van der Waals surface area contributed by atoms with E-state index >= 15 is 0 Å². The third kappa shape index (κ3) is 3.48. The van der Waals surface area contributed by atoms with Gasteiger partial charge in [-0.15, -0.1) is 0 Å². The van der Waals surface area contributed by atoms with Gasteiger partial charge in [0.15, 0.2) is 0 Å². The lowest BCUT2D eigenvalue weighted by molar-refractivity contribution is 0.0939. The molecule has 106 valence electrons. The smallest absolute Gasteiger partial charge is 0.00933 e. The summed E-state index contributed by atoms with van der Waals surface area (Å²) in [6.07, 6.45) is 11.5. The van der Waals surface area contributed by atoms with Gasteiger partial charge in [-0.1, -0.05) is 33.1 Å². The van der Waals surface area contributed by atoms with Crippen LogP contribution in [0.1, 0.15) is 65.2 Å². The summed E-state index contributed by atoms with van der Waals surface area (Å²) in [7, 11) is 0. The summed E-state index contributed by atoms with van der Waals surface area (Å²) in [5.74, 6) is 0. The SMILES string of the molecule is CCNCC1(CN2CCCC2CC)CCCCC1. The highest BCUT2D eigenvalue weighted by atomic mass is 15.2. The lowest BCUT2D eigenvalue weighted by atomic mass is 9.73. The standard InChI is InChI=1S/C16H32N2/c1-3-15-9-8-12-18(15)14-16(13-17-4-2)10-6-5-7-11-16/h15,17H,3-14H2,1-2H3. The number of hydrogen-bond donors (Lipinski definition) is 1. The van der Waals surface area contributed by atoms with Crippen molar-refractivity contribution in [3.05, 3.63) is 0 Å². The van der Waals surface area contributed by atoms with Crippen LogP contribution in [-0.4, -0.2) is 37.1 Å². The first-order valence-electron chi connectivity index (χ1n) is 8.24. The van der Waals surface area contributed by atoms with Crippen molar-refractivity contribution in [2.24, 2.45) is 5.41 Å². The van der Waals surface area contributed by atoms with Crippen molar-refractivity contribution >= 4 is 0 Å². The van der Waals surface area contributed by atoms with E-state index in [0.717, 1.165) is 12.6 Å². The Kier molecular flexibility index (Phi) is 5.50. The monoisotopic (exact) mass is 252 g/mol. The molecule has 1 saturated heterocycles. The Morgan fingerprint density at radius 1 is 1.11 bits per heavy atom. The second-order valence-electron chi connectivity index (χ2n) is 6.52. The zero-order chi connectivity index (χ0) is 12.8. The average molecular weight is 252 g/mol. The van der Waals surface area contributed by atoms with Crippen molar-refractivity contribution in [2.45, 2.75) is 71.3 Å². The highest BCUT2D eigenvalue weighted by molar-refractivity contribution is 4.91. The van der Waals surface area contributed by atoms with E-state index in [9.17, 15) is 0 Å². The predicted octanol–water partition coefficient (Wildman–Crippen LogP) is 3.42. The number of nitrogens with one attached hydrogen (secondary N) is 1. The molecule has 0 aromatic heterocycles. The van der Waals surface area contributed by atoms with Gasteiger partial charge < -0.3 is 5.32 Å². The number of rotatable bonds is 6. The summed E-state index contributed by atoms with van der Waals surface area (Å²) in [5, 5.41) is 3.64. The van der Waals surface area contributed by atoms with E-state index in [-0.39, 0.29) is 0 Å². The highest BCUT2D eigenvalue weighted by Crippen LogP contribution is 2.38. The van der Waals surface area contributed by atoms with E-state index in [2.05, 4.69) is 24.1 Å². The third-order valence-corrected chi connectivity index (χ3v) is 5.17. The molecule has 0 aromatic carbocycles. The highest BCUT2D eigenvalue weighted by Gasteiger charge is 2.36. The molecule has 0 radical (unpaired) electrons. The first kappa shape index (κ1) is 14.3. The molecule has 2 heteroatoms. The van der Waals surface area contributed by atoms with E-state index in [0.29, 0.717) is 5.41 Å². The minimum atomic E-state index is 0.589. The zero-order valence-electron chi connectivity index (χ0n) is 12.5. The Morgan fingerprint density at radius 2 is 1.89 bits per heavy atom. The molecule has 1 aliphatic heterocycles. The van der Waals surface area contributed by atoms with Crippen LogP contribution in [0, 0.1) is 5.41 Å². The van der Waals surface area contributed by atoms with Gasteiger partial charge in [0.25, 0.3) is 0 Å². The molecule has 0 aromatic rings. The molecule has 0 amide bonds. The maximum atomic E-state index is 3.64. The van der Waals surface area contributed by atoms with Crippen molar-refractivity contribution in [1.82, 2.24) is 10.2 Å². The van der Waals surface area contributed by atoms with Gasteiger partial charge in [-0.05, 0) is 50.6 Å². The lowest BCUT2D eigenvalue weighted by Gasteiger charge is -2.42. The van der Waals surface area contributed by atoms with Crippen LogP contribution in [-0.2, 0) is 0 Å². The summed E-state index contributed by atoms with van der Waals surface area (Å²) in [6, 6.07) is 0.880. The summed E-state index contributed by atoms with van der Waals surface area (Å²) in [6.45, 7) is 9.68. The predicted molar refractivity (Wildman–Crippen MR) is 78.9 cm³/mol. The number of likely N-dealkylation sites (tertiary alicyclic amines) is 1. The lowest BCUT2D eigenvalue weighted by Crippen LogP contribution is -2.46. The number of nitrogens with zero attached hydrogens (tertiary/aromatic N) is 1. The van der Waals surface area contributed by atoms with Crippen molar-refractivity contribution in [2.75, 3.05) is 26.2 Å². The van der Waals surface area contributed by atoms with Crippen molar-refractivity contribution in [3.63, 3.8) is 0 Å². The summed E-state index contributed by atoms with van der Waals surface area (Å²) >= 11 is 0. The van der Waals surface area contributed by atoms with Crippen LogP contribution in [0.2, 0.25) is 0 Å². The van der Waals surface area contributed by atoms with Crippen LogP contribution in [0.3, 0.4) is 0 Å². The maximum absolute atomic E-state index is 3.64. The van der Waals surface area contributed by atoms with Crippen LogP contribution in [0.4, 0.5) is 0 Å². The van der Waals surface area contributed by atoms with Crippen molar-refractivity contribution in [3.8, 4) is 0 Å². The van der Waals surface area contributed by atoms with Gasteiger partial charge >= 0.3 is 0 Å². The van der Waals surface area contributed by atoms with Gasteiger partial charge in [-0.3, -0.25) is 4.90 Å². The largest absolute Gasteiger partial charge is 0.316 e. The first-order valence-corrected chi connectivity index (χ1v) is 8.24. The molecule has 2 fully saturated rings. The molecule has 1 unspecified atom stereocenters. The molecule has 18 heavy (non-hydrogen) atoms. The van der Waals surface area contributed by atoms with Crippen LogP contribution in [0.15, 0.2) is 0 Å². The van der Waals surface area contributed by atoms with Crippen LogP contribution in [0.5, 0.6) is 0 Å². The number of hydrogen-bond acceptors (Lipinski definition) is 2.